The van der Waals surface area contributed by atoms with Gasteiger partial charge in [0.15, 0.2) is 0 Å². The lowest BCUT2D eigenvalue weighted by Crippen LogP contribution is -2.17. The third-order valence-electron chi connectivity index (χ3n) is 1.67. The molecular formula is C9H14N2OS. The Kier molecular flexibility index (Phi) is 4.05. The zero-order valence-electron chi connectivity index (χ0n) is 7.99. The van der Waals surface area contributed by atoms with Gasteiger partial charge in [-0.05, 0) is 14.1 Å². The van der Waals surface area contributed by atoms with Gasteiger partial charge in [0, 0.05) is 24.5 Å². The van der Waals surface area contributed by atoms with E-state index in [0.29, 0.717) is 12.8 Å². The molecule has 0 aliphatic heterocycles. The van der Waals surface area contributed by atoms with Gasteiger partial charge in [-0.3, -0.25) is 4.79 Å². The van der Waals surface area contributed by atoms with E-state index in [-0.39, 0.29) is 5.78 Å². The van der Waals surface area contributed by atoms with Crippen LogP contribution in [0.3, 0.4) is 0 Å². The summed E-state index contributed by atoms with van der Waals surface area (Å²) in [6.45, 7) is 0.824. The van der Waals surface area contributed by atoms with E-state index in [4.69, 9.17) is 0 Å². The summed E-state index contributed by atoms with van der Waals surface area (Å²) >= 11 is 1.54. The van der Waals surface area contributed by atoms with Crippen molar-refractivity contribution in [3.8, 4) is 0 Å². The molecule has 1 heterocycles. The predicted octanol–water partition coefficient (Wildman–Crippen LogP) is 1.21. The van der Waals surface area contributed by atoms with E-state index in [2.05, 4.69) is 4.98 Å². The summed E-state index contributed by atoms with van der Waals surface area (Å²) in [5, 5.41) is 2.82. The van der Waals surface area contributed by atoms with E-state index in [9.17, 15) is 4.79 Å². The van der Waals surface area contributed by atoms with Crippen LogP contribution in [0.4, 0.5) is 0 Å². The summed E-state index contributed by atoms with van der Waals surface area (Å²) in [5.41, 5.74) is 0. The standard InChI is InChI=1S/C9H14N2OS/c1-11(2)5-3-8(12)7-9-10-4-6-13-9/h4,6H,3,5,7H2,1-2H3. The Hall–Kier alpha value is -0.740. The van der Waals surface area contributed by atoms with Crippen molar-refractivity contribution in [2.75, 3.05) is 20.6 Å². The van der Waals surface area contributed by atoms with Gasteiger partial charge < -0.3 is 4.90 Å². The number of carbonyl (C=O) groups excluding carboxylic acids is 1. The van der Waals surface area contributed by atoms with Gasteiger partial charge in [0.2, 0.25) is 0 Å². The number of ketones is 1. The molecule has 1 rings (SSSR count). The minimum Gasteiger partial charge on any atom is -0.309 e. The van der Waals surface area contributed by atoms with E-state index in [1.165, 1.54) is 11.3 Å². The van der Waals surface area contributed by atoms with Crippen LogP contribution in [-0.2, 0) is 11.2 Å². The highest BCUT2D eigenvalue weighted by Crippen LogP contribution is 2.06. The lowest BCUT2D eigenvalue weighted by Gasteiger charge is -2.07. The minimum absolute atomic E-state index is 0.267. The van der Waals surface area contributed by atoms with Gasteiger partial charge in [0.05, 0.1) is 11.4 Å². The fourth-order valence-corrected chi connectivity index (χ4v) is 1.59. The fourth-order valence-electron chi connectivity index (χ4n) is 0.946. The molecule has 13 heavy (non-hydrogen) atoms. The largest absolute Gasteiger partial charge is 0.309 e. The second kappa shape index (κ2) is 5.09. The van der Waals surface area contributed by atoms with Crippen molar-refractivity contribution in [2.45, 2.75) is 12.8 Å². The molecule has 0 spiro atoms. The maximum atomic E-state index is 11.4. The van der Waals surface area contributed by atoms with Gasteiger partial charge >= 0.3 is 0 Å². The highest BCUT2D eigenvalue weighted by molar-refractivity contribution is 7.09. The first-order chi connectivity index (χ1) is 6.18. The maximum absolute atomic E-state index is 11.4. The molecule has 0 aliphatic rings. The first kappa shape index (κ1) is 10.3. The first-order valence-corrected chi connectivity index (χ1v) is 5.11. The highest BCUT2D eigenvalue weighted by Gasteiger charge is 2.05. The SMILES string of the molecule is CN(C)CCC(=O)Cc1nccs1. The molecule has 0 saturated carbocycles. The minimum atomic E-state index is 0.267. The lowest BCUT2D eigenvalue weighted by atomic mass is 10.2. The Morgan fingerprint density at radius 3 is 2.92 bits per heavy atom. The molecule has 0 amide bonds. The quantitative estimate of drug-likeness (QED) is 0.713. The van der Waals surface area contributed by atoms with Crippen LogP contribution in [0.1, 0.15) is 11.4 Å². The average molecular weight is 198 g/mol. The predicted molar refractivity (Wildman–Crippen MR) is 54.0 cm³/mol. The highest BCUT2D eigenvalue weighted by atomic mass is 32.1. The van der Waals surface area contributed by atoms with Crippen molar-refractivity contribution < 1.29 is 4.79 Å². The molecule has 4 heteroatoms. The lowest BCUT2D eigenvalue weighted by molar-refractivity contribution is -0.118. The molecule has 1 aromatic rings. The summed E-state index contributed by atoms with van der Waals surface area (Å²) < 4.78 is 0. The Balaban J connectivity index is 2.26. The number of carbonyl (C=O) groups is 1. The van der Waals surface area contributed by atoms with Gasteiger partial charge in [-0.1, -0.05) is 0 Å². The number of hydrogen-bond donors (Lipinski definition) is 0. The van der Waals surface area contributed by atoms with Crippen molar-refractivity contribution in [1.82, 2.24) is 9.88 Å². The van der Waals surface area contributed by atoms with Crippen molar-refractivity contribution in [1.29, 1.82) is 0 Å². The van der Waals surface area contributed by atoms with Crippen LogP contribution < -0.4 is 0 Å². The molecule has 0 fully saturated rings. The Bertz CT molecular complexity index is 257. The Morgan fingerprint density at radius 1 is 1.62 bits per heavy atom. The topological polar surface area (TPSA) is 33.2 Å². The van der Waals surface area contributed by atoms with Crippen LogP contribution in [0.25, 0.3) is 0 Å². The normalized spacial score (nSPS) is 10.7. The molecular weight excluding hydrogens is 184 g/mol. The molecule has 0 N–H and O–H groups in total. The van der Waals surface area contributed by atoms with Gasteiger partial charge in [-0.25, -0.2) is 4.98 Å². The van der Waals surface area contributed by atoms with Gasteiger partial charge in [0.25, 0.3) is 0 Å². The number of nitrogens with zero attached hydrogens (tertiary/aromatic N) is 2. The summed E-state index contributed by atoms with van der Waals surface area (Å²) in [6.07, 6.45) is 2.84. The van der Waals surface area contributed by atoms with Crippen LogP contribution in [0.2, 0.25) is 0 Å². The van der Waals surface area contributed by atoms with Crippen LogP contribution in [0.5, 0.6) is 0 Å². The molecule has 0 aliphatic carbocycles. The van der Waals surface area contributed by atoms with Crippen LogP contribution in [0.15, 0.2) is 11.6 Å². The molecule has 0 atom stereocenters. The van der Waals surface area contributed by atoms with Crippen molar-refractivity contribution in [3.63, 3.8) is 0 Å². The smallest absolute Gasteiger partial charge is 0.140 e. The van der Waals surface area contributed by atoms with Gasteiger partial charge in [-0.2, -0.15) is 0 Å². The summed E-state index contributed by atoms with van der Waals surface area (Å²) in [6, 6.07) is 0. The molecule has 0 radical (unpaired) electrons. The van der Waals surface area contributed by atoms with Gasteiger partial charge in [-0.15, -0.1) is 11.3 Å². The van der Waals surface area contributed by atoms with E-state index in [0.717, 1.165) is 11.6 Å². The third-order valence-corrected chi connectivity index (χ3v) is 2.45. The number of aromatic nitrogens is 1. The van der Waals surface area contributed by atoms with E-state index in [1.807, 2.05) is 24.4 Å². The third kappa shape index (κ3) is 4.15. The monoisotopic (exact) mass is 198 g/mol. The molecule has 3 nitrogen and oxygen atoms in total. The number of rotatable bonds is 5. The molecule has 1 aromatic heterocycles. The van der Waals surface area contributed by atoms with Crippen molar-refractivity contribution in [3.05, 3.63) is 16.6 Å². The molecule has 0 unspecified atom stereocenters. The number of Topliss-reactive ketones (excluding diaryl/α,β-unsaturated/α-hetero) is 1. The second-order valence-electron chi connectivity index (χ2n) is 3.19. The molecule has 0 saturated heterocycles. The van der Waals surface area contributed by atoms with E-state index < -0.39 is 0 Å². The number of hydrogen-bond acceptors (Lipinski definition) is 4. The van der Waals surface area contributed by atoms with Crippen LogP contribution in [0, 0.1) is 0 Å². The first-order valence-electron chi connectivity index (χ1n) is 4.23. The van der Waals surface area contributed by atoms with E-state index in [1.54, 1.807) is 6.20 Å². The van der Waals surface area contributed by atoms with Crippen molar-refractivity contribution in [2.24, 2.45) is 0 Å². The summed E-state index contributed by atoms with van der Waals surface area (Å²) in [5.74, 6) is 0.267. The van der Waals surface area contributed by atoms with Crippen LogP contribution >= 0.6 is 11.3 Å². The Labute approximate surface area is 82.4 Å². The second-order valence-corrected chi connectivity index (χ2v) is 4.17. The molecule has 72 valence electrons. The van der Waals surface area contributed by atoms with Gasteiger partial charge in [0.1, 0.15) is 5.78 Å². The Morgan fingerprint density at radius 2 is 2.38 bits per heavy atom. The van der Waals surface area contributed by atoms with E-state index >= 15 is 0 Å². The summed E-state index contributed by atoms with van der Waals surface area (Å²) in [4.78, 5) is 17.4. The number of thiazole rings is 1. The summed E-state index contributed by atoms with van der Waals surface area (Å²) in [7, 11) is 3.94. The zero-order chi connectivity index (χ0) is 9.68. The molecule has 0 bridgehead atoms. The average Bonchev–Trinajstić information content (AvgIpc) is 2.53. The fraction of sp³-hybridized carbons (Fsp3) is 0.556. The van der Waals surface area contributed by atoms with Crippen LogP contribution in [-0.4, -0.2) is 36.3 Å². The molecule has 0 aromatic carbocycles. The maximum Gasteiger partial charge on any atom is 0.140 e. The van der Waals surface area contributed by atoms with Crippen molar-refractivity contribution >= 4 is 17.1 Å². The zero-order valence-corrected chi connectivity index (χ0v) is 8.80.